The summed E-state index contributed by atoms with van der Waals surface area (Å²) in [4.78, 5) is 22.1. The van der Waals surface area contributed by atoms with E-state index in [9.17, 15) is 4.79 Å². The number of nitrogens with zero attached hydrogens (tertiary/aromatic N) is 3. The molecule has 30 heavy (non-hydrogen) atoms. The number of hydrogen-bond acceptors (Lipinski definition) is 5. The van der Waals surface area contributed by atoms with Crippen LogP contribution in [0.15, 0.2) is 58.4 Å². The molecule has 156 valence electrons. The van der Waals surface area contributed by atoms with Crippen molar-refractivity contribution in [2.75, 3.05) is 37.7 Å². The number of para-hydroxylation sites is 1. The predicted molar refractivity (Wildman–Crippen MR) is 125 cm³/mol. The molecule has 0 radical (unpaired) electrons. The number of piperazine rings is 1. The molecule has 0 atom stereocenters. The van der Waals surface area contributed by atoms with Crippen molar-refractivity contribution < 1.29 is 9.53 Å². The van der Waals surface area contributed by atoms with Crippen LogP contribution in [-0.4, -0.2) is 48.8 Å². The Hall–Kier alpha value is -2.73. The van der Waals surface area contributed by atoms with Crippen LogP contribution >= 0.6 is 11.8 Å². The number of amidine groups is 1. The summed E-state index contributed by atoms with van der Waals surface area (Å²) in [5, 5.41) is 0.807. The van der Waals surface area contributed by atoms with E-state index in [0.29, 0.717) is 11.5 Å². The van der Waals surface area contributed by atoms with Gasteiger partial charge in [-0.25, -0.2) is 0 Å². The number of carbonyl (C=O) groups excluding carboxylic acids is 1. The molecule has 0 saturated carbocycles. The Balaban J connectivity index is 1.41. The van der Waals surface area contributed by atoms with E-state index in [2.05, 4.69) is 52.9 Å². The molecule has 2 aliphatic heterocycles. The number of anilines is 1. The lowest BCUT2D eigenvalue weighted by atomic mass is 10.2. The first-order valence-corrected chi connectivity index (χ1v) is 11.3. The molecule has 0 aliphatic carbocycles. The number of amides is 1. The Bertz CT molecular complexity index is 978. The molecular weight excluding hydrogens is 394 g/mol. The van der Waals surface area contributed by atoms with E-state index in [1.165, 1.54) is 23.0 Å². The van der Waals surface area contributed by atoms with Gasteiger partial charge in [0.1, 0.15) is 5.75 Å². The third kappa shape index (κ3) is 4.70. The van der Waals surface area contributed by atoms with Gasteiger partial charge >= 0.3 is 0 Å². The summed E-state index contributed by atoms with van der Waals surface area (Å²) in [6, 6.07) is 16.4. The summed E-state index contributed by atoms with van der Waals surface area (Å²) < 4.78 is 5.82. The van der Waals surface area contributed by atoms with Crippen LogP contribution in [0.2, 0.25) is 0 Å². The summed E-state index contributed by atoms with van der Waals surface area (Å²) in [6.07, 6.45) is 2.85. The van der Waals surface area contributed by atoms with Crippen molar-refractivity contribution in [2.45, 2.75) is 20.3 Å². The molecule has 0 aromatic heterocycles. The van der Waals surface area contributed by atoms with Crippen LogP contribution in [0.3, 0.4) is 0 Å². The van der Waals surface area contributed by atoms with Crippen molar-refractivity contribution in [3.63, 3.8) is 0 Å². The van der Waals surface area contributed by atoms with Gasteiger partial charge in [0.05, 0.1) is 11.5 Å². The van der Waals surface area contributed by atoms with Crippen LogP contribution in [0.4, 0.5) is 5.69 Å². The van der Waals surface area contributed by atoms with E-state index in [1.807, 2.05) is 30.3 Å². The lowest BCUT2D eigenvalue weighted by Gasteiger charge is -2.36. The number of hydrogen-bond donors (Lipinski definition) is 0. The van der Waals surface area contributed by atoms with Crippen molar-refractivity contribution in [1.82, 2.24) is 4.90 Å². The molecule has 2 aliphatic rings. The summed E-state index contributed by atoms with van der Waals surface area (Å²) >= 11 is 1.47. The van der Waals surface area contributed by atoms with Gasteiger partial charge < -0.3 is 14.5 Å². The predicted octanol–water partition coefficient (Wildman–Crippen LogP) is 4.58. The molecule has 5 nitrogen and oxygen atoms in total. The highest BCUT2D eigenvalue weighted by molar-refractivity contribution is 8.18. The Morgan fingerprint density at radius 1 is 1.07 bits per heavy atom. The van der Waals surface area contributed by atoms with Crippen LogP contribution in [0.1, 0.15) is 24.5 Å². The largest absolute Gasteiger partial charge is 0.493 e. The Kier molecular flexibility index (Phi) is 6.43. The van der Waals surface area contributed by atoms with Crippen molar-refractivity contribution in [2.24, 2.45) is 4.99 Å². The van der Waals surface area contributed by atoms with Crippen molar-refractivity contribution in [1.29, 1.82) is 0 Å². The molecule has 0 bridgehead atoms. The van der Waals surface area contributed by atoms with Gasteiger partial charge in [-0.1, -0.05) is 37.3 Å². The second-order valence-corrected chi connectivity index (χ2v) is 8.52. The van der Waals surface area contributed by atoms with Gasteiger partial charge in [0.15, 0.2) is 5.17 Å². The third-order valence-corrected chi connectivity index (χ3v) is 6.24. The first kappa shape index (κ1) is 20.5. The zero-order chi connectivity index (χ0) is 20.9. The summed E-state index contributed by atoms with van der Waals surface area (Å²) in [5.41, 5.74) is 3.45. The molecule has 1 saturated heterocycles. The number of rotatable bonds is 5. The van der Waals surface area contributed by atoms with E-state index < -0.39 is 0 Å². The maximum Gasteiger partial charge on any atom is 0.286 e. The maximum atomic E-state index is 12.5. The maximum absolute atomic E-state index is 12.5. The SMILES string of the molecule is CCCOc1ccccc1/C=C1/SC(N2CCN(c3cccc(C)c3)CC2)=NC1=O. The molecule has 0 unspecified atom stereocenters. The molecule has 2 heterocycles. The molecule has 2 aromatic rings. The molecule has 0 spiro atoms. The van der Waals surface area contributed by atoms with Crippen LogP contribution in [-0.2, 0) is 4.79 Å². The summed E-state index contributed by atoms with van der Waals surface area (Å²) in [5.74, 6) is 0.641. The summed E-state index contributed by atoms with van der Waals surface area (Å²) in [7, 11) is 0. The standard InChI is InChI=1S/C24H27N3O2S/c1-3-15-29-21-10-5-4-8-19(21)17-22-23(28)25-24(30-22)27-13-11-26(12-14-27)20-9-6-7-18(2)16-20/h4-10,16-17H,3,11-15H2,1-2H3/b22-17+. The average molecular weight is 422 g/mol. The topological polar surface area (TPSA) is 45.1 Å². The first-order valence-electron chi connectivity index (χ1n) is 10.4. The van der Waals surface area contributed by atoms with Gasteiger partial charge in [-0.05, 0) is 54.9 Å². The fraction of sp³-hybridized carbons (Fsp3) is 0.333. The average Bonchev–Trinajstić information content (AvgIpc) is 3.13. The molecule has 6 heteroatoms. The number of thioether (sulfide) groups is 1. The molecule has 4 rings (SSSR count). The number of benzene rings is 2. The minimum atomic E-state index is -0.165. The highest BCUT2D eigenvalue weighted by Gasteiger charge is 2.28. The number of aliphatic imine (C=N–C) groups is 1. The highest BCUT2D eigenvalue weighted by Crippen LogP contribution is 2.33. The van der Waals surface area contributed by atoms with Crippen LogP contribution in [0, 0.1) is 6.92 Å². The van der Waals surface area contributed by atoms with Gasteiger partial charge in [0, 0.05) is 37.4 Å². The van der Waals surface area contributed by atoms with E-state index in [-0.39, 0.29) is 5.91 Å². The smallest absolute Gasteiger partial charge is 0.286 e. The Morgan fingerprint density at radius 3 is 2.60 bits per heavy atom. The monoisotopic (exact) mass is 421 g/mol. The lowest BCUT2D eigenvalue weighted by molar-refractivity contribution is -0.113. The second kappa shape index (κ2) is 9.39. The van der Waals surface area contributed by atoms with Crippen molar-refractivity contribution >= 4 is 34.6 Å². The zero-order valence-corrected chi connectivity index (χ0v) is 18.3. The van der Waals surface area contributed by atoms with Gasteiger partial charge in [-0.15, -0.1) is 0 Å². The second-order valence-electron chi connectivity index (χ2n) is 7.51. The molecule has 1 amide bonds. The minimum Gasteiger partial charge on any atom is -0.493 e. The normalized spacial score (nSPS) is 18.1. The Morgan fingerprint density at radius 2 is 1.83 bits per heavy atom. The minimum absolute atomic E-state index is 0.165. The number of ether oxygens (including phenoxy) is 1. The van der Waals surface area contributed by atoms with E-state index in [4.69, 9.17) is 4.74 Å². The molecule has 0 N–H and O–H groups in total. The lowest BCUT2D eigenvalue weighted by Crippen LogP contribution is -2.47. The van der Waals surface area contributed by atoms with Crippen LogP contribution < -0.4 is 9.64 Å². The van der Waals surface area contributed by atoms with E-state index in [1.54, 1.807) is 0 Å². The van der Waals surface area contributed by atoms with Gasteiger partial charge in [0.25, 0.3) is 5.91 Å². The molecule has 1 fully saturated rings. The van der Waals surface area contributed by atoms with E-state index in [0.717, 1.165) is 49.1 Å². The van der Waals surface area contributed by atoms with Gasteiger partial charge in [0.2, 0.25) is 0 Å². The Labute approximate surface area is 182 Å². The van der Waals surface area contributed by atoms with Gasteiger partial charge in [-0.2, -0.15) is 4.99 Å². The summed E-state index contributed by atoms with van der Waals surface area (Å²) in [6.45, 7) is 8.42. The fourth-order valence-corrected chi connectivity index (χ4v) is 4.55. The first-order chi connectivity index (χ1) is 14.6. The van der Waals surface area contributed by atoms with Crippen LogP contribution in [0.25, 0.3) is 6.08 Å². The molecule has 2 aromatic carbocycles. The van der Waals surface area contributed by atoms with E-state index >= 15 is 0 Å². The third-order valence-electron chi connectivity index (χ3n) is 5.19. The van der Waals surface area contributed by atoms with Crippen LogP contribution in [0.5, 0.6) is 5.75 Å². The quantitative estimate of drug-likeness (QED) is 0.662. The number of carbonyl (C=O) groups is 1. The highest BCUT2D eigenvalue weighted by atomic mass is 32.2. The van der Waals surface area contributed by atoms with Crippen molar-refractivity contribution in [3.05, 3.63) is 64.6 Å². The van der Waals surface area contributed by atoms with Crippen molar-refractivity contribution in [3.8, 4) is 5.75 Å². The number of aryl methyl sites for hydroxylation is 1. The fourth-order valence-electron chi connectivity index (χ4n) is 3.60. The zero-order valence-electron chi connectivity index (χ0n) is 17.5. The van der Waals surface area contributed by atoms with Gasteiger partial charge in [-0.3, -0.25) is 4.79 Å². The molecular formula is C24H27N3O2S.